The van der Waals surface area contributed by atoms with Crippen molar-refractivity contribution in [3.05, 3.63) is 41.4 Å². The second-order valence-corrected chi connectivity index (χ2v) is 5.46. The molecule has 2 N–H and O–H groups in total. The first-order chi connectivity index (χ1) is 9.61. The lowest BCUT2D eigenvalue weighted by atomic mass is 9.99. The molecular formula is C17H30N2O. The second kappa shape index (κ2) is 12.8. The third-order valence-electron chi connectivity index (χ3n) is 3.34. The standard InChI is InChI=1S/C17H30N2O/c1-4-11-16(3)17(18)13-10-8-6-5-7-9-12-15(2)14-19-20/h4,7-11,15-17H,5-6,12-14,18H2,1-3H3. The summed E-state index contributed by atoms with van der Waals surface area (Å²) >= 11 is 0. The minimum absolute atomic E-state index is 0.203. The average molecular weight is 278 g/mol. The van der Waals surface area contributed by atoms with Gasteiger partial charge in [-0.15, -0.1) is 0 Å². The zero-order chi connectivity index (χ0) is 15.2. The maximum Gasteiger partial charge on any atom is 0.0839 e. The van der Waals surface area contributed by atoms with Crippen molar-refractivity contribution in [2.75, 3.05) is 6.54 Å². The number of rotatable bonds is 11. The highest BCUT2D eigenvalue weighted by Crippen LogP contribution is 2.08. The van der Waals surface area contributed by atoms with E-state index in [0.29, 0.717) is 18.4 Å². The summed E-state index contributed by atoms with van der Waals surface area (Å²) in [5, 5.41) is 2.91. The summed E-state index contributed by atoms with van der Waals surface area (Å²) < 4.78 is 0. The molecule has 0 saturated carbocycles. The van der Waals surface area contributed by atoms with Crippen molar-refractivity contribution in [2.45, 2.75) is 52.5 Å². The van der Waals surface area contributed by atoms with Crippen LogP contribution in [-0.4, -0.2) is 12.6 Å². The largest absolute Gasteiger partial charge is 0.327 e. The third-order valence-corrected chi connectivity index (χ3v) is 3.34. The van der Waals surface area contributed by atoms with Gasteiger partial charge in [0.05, 0.1) is 6.54 Å². The number of nitrogens with two attached hydrogens (primary N) is 1. The molecule has 3 nitrogen and oxygen atoms in total. The van der Waals surface area contributed by atoms with Crippen molar-refractivity contribution in [3.8, 4) is 0 Å². The van der Waals surface area contributed by atoms with Crippen LogP contribution in [0, 0.1) is 16.7 Å². The molecular weight excluding hydrogens is 248 g/mol. The molecule has 3 atom stereocenters. The smallest absolute Gasteiger partial charge is 0.0839 e. The van der Waals surface area contributed by atoms with Crippen LogP contribution in [0.15, 0.2) is 41.6 Å². The van der Waals surface area contributed by atoms with Crippen molar-refractivity contribution in [3.63, 3.8) is 0 Å². The Morgan fingerprint density at radius 3 is 2.20 bits per heavy atom. The molecule has 114 valence electrons. The molecule has 0 amide bonds. The molecule has 0 aromatic rings. The highest BCUT2D eigenvalue weighted by atomic mass is 16.3. The molecule has 0 aromatic heterocycles. The lowest BCUT2D eigenvalue weighted by molar-refractivity contribution is 0.543. The second-order valence-electron chi connectivity index (χ2n) is 5.46. The Morgan fingerprint density at radius 2 is 1.65 bits per heavy atom. The summed E-state index contributed by atoms with van der Waals surface area (Å²) in [5.41, 5.74) is 6.08. The first-order valence-electron chi connectivity index (χ1n) is 7.59. The van der Waals surface area contributed by atoms with E-state index in [1.54, 1.807) is 0 Å². The molecule has 0 aromatic carbocycles. The van der Waals surface area contributed by atoms with Crippen LogP contribution in [-0.2, 0) is 0 Å². The Kier molecular flexibility index (Phi) is 12.0. The van der Waals surface area contributed by atoms with Crippen LogP contribution >= 0.6 is 0 Å². The molecule has 0 aliphatic carbocycles. The summed E-state index contributed by atoms with van der Waals surface area (Å²) in [4.78, 5) is 10.1. The summed E-state index contributed by atoms with van der Waals surface area (Å²) in [7, 11) is 0. The Morgan fingerprint density at radius 1 is 1.05 bits per heavy atom. The van der Waals surface area contributed by atoms with Crippen molar-refractivity contribution in [2.24, 2.45) is 22.7 Å². The molecule has 0 rings (SSSR count). The van der Waals surface area contributed by atoms with Crippen LogP contribution in [0.3, 0.4) is 0 Å². The lowest BCUT2D eigenvalue weighted by Crippen LogP contribution is -2.26. The first kappa shape index (κ1) is 18.8. The van der Waals surface area contributed by atoms with E-state index in [1.165, 1.54) is 0 Å². The molecule has 20 heavy (non-hydrogen) atoms. The average Bonchev–Trinajstić information content (AvgIpc) is 2.42. The Balaban J connectivity index is 3.66. The van der Waals surface area contributed by atoms with Gasteiger partial charge in [-0.2, -0.15) is 4.91 Å². The molecule has 0 aliphatic heterocycles. The third kappa shape index (κ3) is 10.7. The highest BCUT2D eigenvalue weighted by molar-refractivity contribution is 4.95. The van der Waals surface area contributed by atoms with Crippen LogP contribution < -0.4 is 5.73 Å². The van der Waals surface area contributed by atoms with Crippen LogP contribution in [0.4, 0.5) is 0 Å². The summed E-state index contributed by atoms with van der Waals surface area (Å²) in [6, 6.07) is 0.203. The number of unbranched alkanes of at least 4 members (excludes halogenated alkanes) is 1. The minimum atomic E-state index is 0.203. The Hall–Kier alpha value is -1.22. The molecule has 3 unspecified atom stereocenters. The SMILES string of the molecule is CC=CC(C)C(N)CC=CCCC=CCC(C)CN=O. The molecule has 0 heterocycles. The quantitative estimate of drug-likeness (QED) is 0.341. The van der Waals surface area contributed by atoms with E-state index in [2.05, 4.69) is 48.6 Å². The number of nitrogens with zero attached hydrogens (tertiary/aromatic N) is 1. The van der Waals surface area contributed by atoms with E-state index in [1.807, 2.05) is 13.8 Å². The zero-order valence-electron chi connectivity index (χ0n) is 13.2. The predicted octanol–water partition coefficient (Wildman–Crippen LogP) is 4.60. The van der Waals surface area contributed by atoms with E-state index < -0.39 is 0 Å². The molecule has 0 spiro atoms. The van der Waals surface area contributed by atoms with Gasteiger partial charge in [-0.25, -0.2) is 0 Å². The fraction of sp³-hybridized carbons (Fsp3) is 0.647. The van der Waals surface area contributed by atoms with E-state index >= 15 is 0 Å². The van der Waals surface area contributed by atoms with Crippen molar-refractivity contribution in [1.29, 1.82) is 0 Å². The van der Waals surface area contributed by atoms with Gasteiger partial charge >= 0.3 is 0 Å². The van der Waals surface area contributed by atoms with Gasteiger partial charge in [0.2, 0.25) is 0 Å². The van der Waals surface area contributed by atoms with Gasteiger partial charge in [-0.3, -0.25) is 0 Å². The Labute approximate surface area is 124 Å². The molecule has 0 saturated heterocycles. The van der Waals surface area contributed by atoms with Crippen LogP contribution in [0.25, 0.3) is 0 Å². The van der Waals surface area contributed by atoms with Gasteiger partial charge in [-0.05, 0) is 44.4 Å². The number of hydrogen-bond donors (Lipinski definition) is 1. The normalized spacial score (nSPS) is 17.0. The summed E-state index contributed by atoms with van der Waals surface area (Å²) in [6.45, 7) is 6.62. The maximum atomic E-state index is 10.1. The minimum Gasteiger partial charge on any atom is -0.327 e. The molecule has 0 aliphatic rings. The van der Waals surface area contributed by atoms with Gasteiger partial charge in [0.25, 0.3) is 0 Å². The molecule has 0 radical (unpaired) electrons. The number of hydrogen-bond acceptors (Lipinski definition) is 3. The topological polar surface area (TPSA) is 55.4 Å². The highest BCUT2D eigenvalue weighted by Gasteiger charge is 2.06. The van der Waals surface area contributed by atoms with Crippen LogP contribution in [0.2, 0.25) is 0 Å². The van der Waals surface area contributed by atoms with E-state index in [-0.39, 0.29) is 6.04 Å². The number of nitroso groups, excluding NO2 is 1. The fourth-order valence-corrected chi connectivity index (χ4v) is 1.87. The summed E-state index contributed by atoms with van der Waals surface area (Å²) in [6.07, 6.45) is 16.8. The van der Waals surface area contributed by atoms with Crippen molar-refractivity contribution >= 4 is 0 Å². The van der Waals surface area contributed by atoms with Gasteiger partial charge in [0.1, 0.15) is 0 Å². The monoisotopic (exact) mass is 278 g/mol. The first-order valence-corrected chi connectivity index (χ1v) is 7.59. The molecule has 0 fully saturated rings. The zero-order valence-corrected chi connectivity index (χ0v) is 13.2. The van der Waals surface area contributed by atoms with Gasteiger partial charge in [-0.1, -0.05) is 55.5 Å². The van der Waals surface area contributed by atoms with Gasteiger partial charge < -0.3 is 5.73 Å². The Bertz CT molecular complexity index is 321. The van der Waals surface area contributed by atoms with Crippen molar-refractivity contribution in [1.82, 2.24) is 0 Å². The van der Waals surface area contributed by atoms with E-state index in [9.17, 15) is 4.91 Å². The molecule has 3 heteroatoms. The molecule has 0 bridgehead atoms. The number of allylic oxidation sites excluding steroid dienone is 4. The maximum absolute atomic E-state index is 10.1. The van der Waals surface area contributed by atoms with E-state index in [4.69, 9.17) is 5.73 Å². The lowest BCUT2D eigenvalue weighted by Gasteiger charge is -2.13. The van der Waals surface area contributed by atoms with E-state index in [0.717, 1.165) is 25.7 Å². The predicted molar refractivity (Wildman–Crippen MR) is 88.5 cm³/mol. The van der Waals surface area contributed by atoms with Crippen molar-refractivity contribution < 1.29 is 0 Å². The van der Waals surface area contributed by atoms with Crippen LogP contribution in [0.5, 0.6) is 0 Å². The van der Waals surface area contributed by atoms with Gasteiger partial charge in [0, 0.05) is 6.04 Å². The summed E-state index contributed by atoms with van der Waals surface area (Å²) in [5.74, 6) is 0.780. The fourth-order valence-electron chi connectivity index (χ4n) is 1.87. The van der Waals surface area contributed by atoms with Crippen LogP contribution in [0.1, 0.15) is 46.5 Å². The van der Waals surface area contributed by atoms with Gasteiger partial charge in [0.15, 0.2) is 0 Å².